The molecular weight excluding hydrogens is 305 g/mol. The molecule has 110 valence electrons. The summed E-state index contributed by atoms with van der Waals surface area (Å²) in [6, 6.07) is 4.52. The molecule has 1 amide bonds. The lowest BCUT2D eigenvalue weighted by Gasteiger charge is -2.21. The van der Waals surface area contributed by atoms with Gasteiger partial charge in [-0.15, -0.1) is 0 Å². The van der Waals surface area contributed by atoms with E-state index in [9.17, 15) is 9.59 Å². The van der Waals surface area contributed by atoms with Gasteiger partial charge in [-0.1, -0.05) is 23.2 Å². The van der Waals surface area contributed by atoms with Crippen molar-refractivity contribution in [2.75, 3.05) is 26.8 Å². The Kier molecular flexibility index (Phi) is 6.78. The Morgan fingerprint density at radius 1 is 1.25 bits per heavy atom. The summed E-state index contributed by atoms with van der Waals surface area (Å²) in [5.74, 6) is -0.753. The van der Waals surface area contributed by atoms with Crippen molar-refractivity contribution >= 4 is 35.1 Å². The highest BCUT2D eigenvalue weighted by Gasteiger charge is 2.17. The van der Waals surface area contributed by atoms with Crippen LogP contribution >= 0.6 is 23.2 Å². The van der Waals surface area contributed by atoms with Gasteiger partial charge in [-0.25, -0.2) is 0 Å². The molecule has 0 spiro atoms. The average molecular weight is 320 g/mol. The molecule has 1 aromatic rings. The molecule has 0 aliphatic rings. The van der Waals surface area contributed by atoms with E-state index < -0.39 is 5.97 Å². The van der Waals surface area contributed by atoms with Crippen molar-refractivity contribution in [2.24, 2.45) is 0 Å². The lowest BCUT2D eigenvalue weighted by atomic mass is 10.2. The smallest absolute Gasteiger partial charge is 0.307 e. The molecular formula is C13H15Cl2NO4. The van der Waals surface area contributed by atoms with Gasteiger partial charge in [-0.3, -0.25) is 9.59 Å². The number of rotatable bonds is 6. The number of halogens is 2. The normalized spacial score (nSPS) is 10.2. The molecule has 1 N–H and O–H groups in total. The van der Waals surface area contributed by atoms with Crippen LogP contribution in [0.15, 0.2) is 18.2 Å². The van der Waals surface area contributed by atoms with E-state index in [4.69, 9.17) is 28.3 Å². The minimum atomic E-state index is -0.421. The number of aliphatic hydroxyl groups is 1. The molecule has 5 nitrogen and oxygen atoms in total. The highest BCUT2D eigenvalue weighted by molar-refractivity contribution is 6.42. The molecule has 1 aromatic carbocycles. The average Bonchev–Trinajstić information content (AvgIpc) is 2.45. The molecule has 0 aromatic heterocycles. The third-order valence-corrected chi connectivity index (χ3v) is 3.38. The van der Waals surface area contributed by atoms with Crippen molar-refractivity contribution in [3.05, 3.63) is 33.8 Å². The maximum Gasteiger partial charge on any atom is 0.307 e. The van der Waals surface area contributed by atoms with Gasteiger partial charge in [-0.2, -0.15) is 0 Å². The highest BCUT2D eigenvalue weighted by Crippen LogP contribution is 2.23. The number of aliphatic hydroxyl groups excluding tert-OH is 1. The van der Waals surface area contributed by atoms with Crippen LogP contribution in [0, 0.1) is 0 Å². The number of ether oxygens (including phenoxy) is 1. The summed E-state index contributed by atoms with van der Waals surface area (Å²) in [5, 5.41) is 9.62. The van der Waals surface area contributed by atoms with Crippen LogP contribution in [0.1, 0.15) is 16.8 Å². The van der Waals surface area contributed by atoms with E-state index in [1.807, 2.05) is 0 Å². The van der Waals surface area contributed by atoms with Crippen LogP contribution in [0.2, 0.25) is 10.0 Å². The Hall–Kier alpha value is -1.30. The van der Waals surface area contributed by atoms with Crippen molar-refractivity contribution in [1.82, 2.24) is 4.90 Å². The van der Waals surface area contributed by atoms with Gasteiger partial charge in [0.2, 0.25) is 0 Å². The first-order valence-electron chi connectivity index (χ1n) is 5.91. The van der Waals surface area contributed by atoms with Crippen molar-refractivity contribution < 1.29 is 19.4 Å². The third kappa shape index (κ3) is 4.67. The number of hydrogen-bond donors (Lipinski definition) is 1. The van der Waals surface area contributed by atoms with Crippen LogP contribution in [0.4, 0.5) is 0 Å². The van der Waals surface area contributed by atoms with Gasteiger partial charge in [0.15, 0.2) is 0 Å². The molecule has 0 unspecified atom stereocenters. The van der Waals surface area contributed by atoms with E-state index in [1.54, 1.807) is 6.07 Å². The molecule has 1 rings (SSSR count). The molecule has 0 saturated heterocycles. The van der Waals surface area contributed by atoms with E-state index in [0.29, 0.717) is 10.6 Å². The number of benzene rings is 1. The summed E-state index contributed by atoms with van der Waals surface area (Å²) in [4.78, 5) is 24.7. The molecule has 7 heteroatoms. The fraction of sp³-hybridized carbons (Fsp3) is 0.385. The third-order valence-electron chi connectivity index (χ3n) is 2.64. The second-order valence-electron chi connectivity index (χ2n) is 3.97. The fourth-order valence-corrected chi connectivity index (χ4v) is 1.87. The minimum absolute atomic E-state index is 0.0591. The number of esters is 1. The summed E-state index contributed by atoms with van der Waals surface area (Å²) in [5.41, 5.74) is 0.345. The number of methoxy groups -OCH3 is 1. The van der Waals surface area contributed by atoms with Crippen molar-refractivity contribution in [3.63, 3.8) is 0 Å². The fourth-order valence-electron chi connectivity index (χ4n) is 1.58. The standard InChI is InChI=1S/C13H15Cl2NO4/c1-20-12(18)4-5-16(6-7-17)13(19)9-2-3-10(14)11(15)8-9/h2-3,8,17H,4-7H2,1H3. The molecule has 0 heterocycles. The Labute approximate surface area is 127 Å². The summed E-state index contributed by atoms with van der Waals surface area (Å²) < 4.78 is 4.52. The Bertz CT molecular complexity index is 493. The highest BCUT2D eigenvalue weighted by atomic mass is 35.5. The Morgan fingerprint density at radius 2 is 1.95 bits per heavy atom. The predicted molar refractivity (Wildman–Crippen MR) is 76.1 cm³/mol. The van der Waals surface area contributed by atoms with E-state index >= 15 is 0 Å². The second kappa shape index (κ2) is 8.09. The number of hydrogen-bond acceptors (Lipinski definition) is 4. The number of amides is 1. The monoisotopic (exact) mass is 319 g/mol. The molecule has 0 saturated carbocycles. The maximum atomic E-state index is 12.3. The summed E-state index contributed by atoms with van der Waals surface area (Å²) >= 11 is 11.7. The Balaban J connectivity index is 2.81. The van der Waals surface area contributed by atoms with E-state index in [-0.39, 0.29) is 37.0 Å². The van der Waals surface area contributed by atoms with Gasteiger partial charge in [0, 0.05) is 18.7 Å². The zero-order valence-corrected chi connectivity index (χ0v) is 12.4. The molecule has 20 heavy (non-hydrogen) atoms. The van der Waals surface area contributed by atoms with Crippen LogP contribution in [0.25, 0.3) is 0 Å². The van der Waals surface area contributed by atoms with Crippen molar-refractivity contribution in [1.29, 1.82) is 0 Å². The molecule has 0 radical (unpaired) electrons. The number of carbonyl (C=O) groups is 2. The summed E-state index contributed by atoms with van der Waals surface area (Å²) in [7, 11) is 1.28. The molecule has 0 atom stereocenters. The summed E-state index contributed by atoms with van der Waals surface area (Å²) in [6.45, 7) is 0.0800. The first-order chi connectivity index (χ1) is 9.49. The van der Waals surface area contributed by atoms with Gasteiger partial charge in [0.25, 0.3) is 5.91 Å². The quantitative estimate of drug-likeness (QED) is 0.814. The largest absolute Gasteiger partial charge is 0.469 e. The van der Waals surface area contributed by atoms with Crippen LogP contribution in [-0.4, -0.2) is 48.7 Å². The molecule has 0 fully saturated rings. The van der Waals surface area contributed by atoms with Gasteiger partial charge >= 0.3 is 5.97 Å². The first kappa shape index (κ1) is 16.8. The van der Waals surface area contributed by atoms with Gasteiger partial charge < -0.3 is 14.7 Å². The zero-order valence-electron chi connectivity index (χ0n) is 10.9. The summed E-state index contributed by atoms with van der Waals surface area (Å²) in [6.07, 6.45) is 0.0591. The van der Waals surface area contributed by atoms with Crippen LogP contribution < -0.4 is 0 Å². The number of carbonyl (C=O) groups excluding carboxylic acids is 2. The van der Waals surface area contributed by atoms with Crippen LogP contribution in [0.3, 0.4) is 0 Å². The van der Waals surface area contributed by atoms with E-state index in [2.05, 4.69) is 4.74 Å². The zero-order chi connectivity index (χ0) is 15.1. The molecule has 0 aliphatic carbocycles. The van der Waals surface area contributed by atoms with Crippen molar-refractivity contribution in [3.8, 4) is 0 Å². The van der Waals surface area contributed by atoms with Crippen molar-refractivity contribution in [2.45, 2.75) is 6.42 Å². The van der Waals surface area contributed by atoms with Crippen LogP contribution in [0.5, 0.6) is 0 Å². The topological polar surface area (TPSA) is 66.8 Å². The molecule has 0 aliphatic heterocycles. The minimum Gasteiger partial charge on any atom is -0.469 e. The second-order valence-corrected chi connectivity index (χ2v) is 4.79. The lowest BCUT2D eigenvalue weighted by molar-refractivity contribution is -0.140. The SMILES string of the molecule is COC(=O)CCN(CCO)C(=O)c1ccc(Cl)c(Cl)c1. The van der Waals surface area contributed by atoms with Gasteiger partial charge in [-0.05, 0) is 18.2 Å². The van der Waals surface area contributed by atoms with E-state index in [0.717, 1.165) is 0 Å². The first-order valence-corrected chi connectivity index (χ1v) is 6.67. The lowest BCUT2D eigenvalue weighted by Crippen LogP contribution is -2.35. The van der Waals surface area contributed by atoms with Gasteiger partial charge in [0.1, 0.15) is 0 Å². The van der Waals surface area contributed by atoms with Gasteiger partial charge in [0.05, 0.1) is 30.2 Å². The molecule has 0 bridgehead atoms. The van der Waals surface area contributed by atoms with Crippen LogP contribution in [-0.2, 0) is 9.53 Å². The maximum absolute atomic E-state index is 12.3. The van der Waals surface area contributed by atoms with E-state index in [1.165, 1.54) is 24.1 Å². The Morgan fingerprint density at radius 3 is 2.50 bits per heavy atom. The predicted octanol–water partition coefficient (Wildman–Crippen LogP) is 1.99. The number of nitrogens with zero attached hydrogens (tertiary/aromatic N) is 1.